The number of esters is 2. The summed E-state index contributed by atoms with van der Waals surface area (Å²) in [6, 6.07) is 13.6. The molecule has 0 unspecified atom stereocenters. The molecule has 0 aliphatic carbocycles. The molecule has 2 rings (SSSR count). The second-order valence-electron chi connectivity index (χ2n) is 4.29. The summed E-state index contributed by atoms with van der Waals surface area (Å²) in [7, 11) is 0. The van der Waals surface area contributed by atoms with Gasteiger partial charge in [0.1, 0.15) is 17.1 Å². The molecule has 0 bridgehead atoms. The maximum absolute atomic E-state index is 12.1. The van der Waals surface area contributed by atoms with Crippen LogP contribution in [0, 0.1) is 6.92 Å². The van der Waals surface area contributed by atoms with Crippen molar-refractivity contribution in [2.24, 2.45) is 0 Å². The fourth-order valence-corrected chi connectivity index (χ4v) is 1.65. The Hall–Kier alpha value is -2.62. The van der Waals surface area contributed by atoms with Gasteiger partial charge in [0.05, 0.1) is 0 Å². The number of para-hydroxylation sites is 1. The molecule has 0 N–H and O–H groups in total. The summed E-state index contributed by atoms with van der Waals surface area (Å²) < 4.78 is 10.2. The van der Waals surface area contributed by atoms with Crippen LogP contribution in [0.2, 0.25) is 0 Å². The Morgan fingerprint density at radius 2 is 1.55 bits per heavy atom. The van der Waals surface area contributed by atoms with Gasteiger partial charge >= 0.3 is 11.9 Å². The lowest BCUT2D eigenvalue weighted by Crippen LogP contribution is -2.12. The predicted octanol–water partition coefficient (Wildman–Crippen LogP) is 3.14. The second-order valence-corrected chi connectivity index (χ2v) is 4.29. The van der Waals surface area contributed by atoms with Crippen molar-refractivity contribution in [1.82, 2.24) is 0 Å². The molecule has 4 heteroatoms. The van der Waals surface area contributed by atoms with Gasteiger partial charge in [0.2, 0.25) is 0 Å². The van der Waals surface area contributed by atoms with E-state index in [2.05, 4.69) is 0 Å². The largest absolute Gasteiger partial charge is 0.426 e. The highest BCUT2D eigenvalue weighted by molar-refractivity contribution is 5.94. The highest BCUT2D eigenvalue weighted by atomic mass is 16.5. The third-order valence-corrected chi connectivity index (χ3v) is 2.59. The first-order chi connectivity index (χ1) is 9.56. The van der Waals surface area contributed by atoms with E-state index in [9.17, 15) is 9.59 Å². The van der Waals surface area contributed by atoms with Gasteiger partial charge < -0.3 is 9.47 Å². The van der Waals surface area contributed by atoms with E-state index in [1.54, 1.807) is 36.4 Å². The monoisotopic (exact) mass is 270 g/mol. The lowest BCUT2D eigenvalue weighted by atomic mass is 10.2. The summed E-state index contributed by atoms with van der Waals surface area (Å²) in [5.41, 5.74) is 1.29. The lowest BCUT2D eigenvalue weighted by Gasteiger charge is -2.08. The van der Waals surface area contributed by atoms with Gasteiger partial charge in [-0.1, -0.05) is 29.8 Å². The molecular formula is C16H14O4. The number of rotatable bonds is 3. The van der Waals surface area contributed by atoms with Crippen LogP contribution in [0.25, 0.3) is 0 Å². The van der Waals surface area contributed by atoms with Gasteiger partial charge in [-0.25, -0.2) is 4.79 Å². The summed E-state index contributed by atoms with van der Waals surface area (Å²) in [6.45, 7) is 3.23. The molecule has 2 aromatic carbocycles. The minimum absolute atomic E-state index is 0.192. The molecule has 0 amide bonds. The van der Waals surface area contributed by atoms with Gasteiger partial charge in [-0.2, -0.15) is 0 Å². The van der Waals surface area contributed by atoms with Crippen LogP contribution in [0.1, 0.15) is 22.8 Å². The number of benzene rings is 2. The molecular weight excluding hydrogens is 256 g/mol. The van der Waals surface area contributed by atoms with Gasteiger partial charge in [-0.3, -0.25) is 4.79 Å². The predicted molar refractivity (Wildman–Crippen MR) is 73.9 cm³/mol. The van der Waals surface area contributed by atoms with Gasteiger partial charge in [-0.15, -0.1) is 0 Å². The first kappa shape index (κ1) is 13.8. The first-order valence-corrected chi connectivity index (χ1v) is 6.12. The van der Waals surface area contributed by atoms with Gasteiger partial charge in [0, 0.05) is 6.92 Å². The van der Waals surface area contributed by atoms with E-state index < -0.39 is 11.9 Å². The molecule has 0 saturated heterocycles. The van der Waals surface area contributed by atoms with E-state index in [4.69, 9.17) is 9.47 Å². The molecule has 0 saturated carbocycles. The molecule has 0 aliphatic heterocycles. The number of ether oxygens (including phenoxy) is 2. The molecule has 0 spiro atoms. The maximum Gasteiger partial charge on any atom is 0.347 e. The van der Waals surface area contributed by atoms with E-state index in [1.165, 1.54) is 6.92 Å². The van der Waals surface area contributed by atoms with Crippen molar-refractivity contribution in [3.8, 4) is 11.5 Å². The van der Waals surface area contributed by atoms with Crippen molar-refractivity contribution in [2.45, 2.75) is 13.8 Å². The van der Waals surface area contributed by atoms with Gasteiger partial charge in [0.25, 0.3) is 0 Å². The zero-order chi connectivity index (χ0) is 14.5. The molecule has 20 heavy (non-hydrogen) atoms. The SMILES string of the molecule is CC(=O)Oc1ccccc1C(=O)Oc1ccc(C)cc1. The minimum Gasteiger partial charge on any atom is -0.426 e. The Labute approximate surface area is 116 Å². The molecule has 0 radical (unpaired) electrons. The number of hydrogen-bond donors (Lipinski definition) is 0. The van der Waals surface area contributed by atoms with Crippen LogP contribution in [-0.4, -0.2) is 11.9 Å². The number of carbonyl (C=O) groups excluding carboxylic acids is 2. The van der Waals surface area contributed by atoms with E-state index in [-0.39, 0.29) is 11.3 Å². The third kappa shape index (κ3) is 3.45. The Morgan fingerprint density at radius 3 is 2.20 bits per heavy atom. The number of carbonyl (C=O) groups is 2. The smallest absolute Gasteiger partial charge is 0.347 e. The Bertz CT molecular complexity index is 629. The minimum atomic E-state index is -0.564. The third-order valence-electron chi connectivity index (χ3n) is 2.59. The molecule has 4 nitrogen and oxygen atoms in total. The fourth-order valence-electron chi connectivity index (χ4n) is 1.65. The molecule has 0 fully saturated rings. The summed E-state index contributed by atoms with van der Waals surface area (Å²) in [6.07, 6.45) is 0. The fraction of sp³-hybridized carbons (Fsp3) is 0.125. The second kappa shape index (κ2) is 6.02. The van der Waals surface area contributed by atoms with Crippen LogP contribution in [0.15, 0.2) is 48.5 Å². The van der Waals surface area contributed by atoms with Crippen molar-refractivity contribution in [3.63, 3.8) is 0 Å². The maximum atomic E-state index is 12.1. The first-order valence-electron chi connectivity index (χ1n) is 6.12. The van der Waals surface area contributed by atoms with Crippen molar-refractivity contribution in [2.75, 3.05) is 0 Å². The van der Waals surface area contributed by atoms with Crippen molar-refractivity contribution < 1.29 is 19.1 Å². The molecule has 2 aromatic rings. The average Bonchev–Trinajstić information content (AvgIpc) is 2.41. The molecule has 0 aromatic heterocycles. The van der Waals surface area contributed by atoms with E-state index in [0.29, 0.717) is 5.75 Å². The average molecular weight is 270 g/mol. The quantitative estimate of drug-likeness (QED) is 0.635. The van der Waals surface area contributed by atoms with E-state index in [0.717, 1.165) is 5.56 Å². The summed E-state index contributed by atoms with van der Waals surface area (Å²) in [4.78, 5) is 23.1. The van der Waals surface area contributed by atoms with Crippen LogP contribution < -0.4 is 9.47 Å². The Morgan fingerprint density at radius 1 is 0.900 bits per heavy atom. The zero-order valence-electron chi connectivity index (χ0n) is 11.3. The Balaban J connectivity index is 2.20. The zero-order valence-corrected chi connectivity index (χ0v) is 11.3. The molecule has 102 valence electrons. The summed E-state index contributed by atoms with van der Waals surface area (Å²) in [5.74, 6) is -0.415. The van der Waals surface area contributed by atoms with Crippen LogP contribution >= 0.6 is 0 Å². The normalized spacial score (nSPS) is 9.90. The standard InChI is InChI=1S/C16H14O4/c1-11-7-9-13(10-8-11)20-16(18)14-5-3-4-6-15(14)19-12(2)17/h3-10H,1-2H3. The van der Waals surface area contributed by atoms with E-state index >= 15 is 0 Å². The van der Waals surface area contributed by atoms with Crippen LogP contribution in [0.4, 0.5) is 0 Å². The summed E-state index contributed by atoms with van der Waals surface area (Å²) >= 11 is 0. The Kier molecular flexibility index (Phi) is 4.15. The van der Waals surface area contributed by atoms with Crippen molar-refractivity contribution >= 4 is 11.9 Å². The molecule has 0 heterocycles. The highest BCUT2D eigenvalue weighted by Crippen LogP contribution is 2.21. The van der Waals surface area contributed by atoms with Crippen molar-refractivity contribution in [3.05, 3.63) is 59.7 Å². The summed E-state index contributed by atoms with van der Waals surface area (Å²) in [5, 5.41) is 0. The van der Waals surface area contributed by atoms with Crippen LogP contribution in [-0.2, 0) is 4.79 Å². The van der Waals surface area contributed by atoms with Gasteiger partial charge in [-0.05, 0) is 31.2 Å². The van der Waals surface area contributed by atoms with Crippen LogP contribution in [0.5, 0.6) is 11.5 Å². The number of hydrogen-bond acceptors (Lipinski definition) is 4. The molecule has 0 aliphatic rings. The highest BCUT2D eigenvalue weighted by Gasteiger charge is 2.15. The lowest BCUT2D eigenvalue weighted by molar-refractivity contribution is -0.131. The van der Waals surface area contributed by atoms with E-state index in [1.807, 2.05) is 19.1 Å². The van der Waals surface area contributed by atoms with Crippen molar-refractivity contribution in [1.29, 1.82) is 0 Å². The number of aryl methyl sites for hydroxylation is 1. The topological polar surface area (TPSA) is 52.6 Å². The molecule has 0 atom stereocenters. The van der Waals surface area contributed by atoms with Gasteiger partial charge in [0.15, 0.2) is 0 Å². The van der Waals surface area contributed by atoms with Crippen LogP contribution in [0.3, 0.4) is 0 Å².